The third kappa shape index (κ3) is 4.55. The Morgan fingerprint density at radius 3 is 2.32 bits per heavy atom. The van der Waals surface area contributed by atoms with E-state index in [2.05, 4.69) is 57.3 Å². The van der Waals surface area contributed by atoms with Crippen LogP contribution in [-0.2, 0) is 16.6 Å². The van der Waals surface area contributed by atoms with E-state index >= 15 is 0 Å². The molecule has 3 nitrogen and oxygen atoms in total. The van der Waals surface area contributed by atoms with Crippen molar-refractivity contribution in [2.45, 2.75) is 39.5 Å². The zero-order chi connectivity index (χ0) is 16.2. The molecule has 0 radical (unpaired) electrons. The maximum Gasteiger partial charge on any atom is 0.0579 e. The zero-order valence-corrected chi connectivity index (χ0v) is 14.5. The molecule has 0 aliphatic carbocycles. The Kier molecular flexibility index (Phi) is 5.65. The van der Waals surface area contributed by atoms with E-state index in [1.54, 1.807) is 0 Å². The number of aliphatic hydroxyl groups is 1. The van der Waals surface area contributed by atoms with Crippen LogP contribution in [0.3, 0.4) is 0 Å². The number of rotatable bonds is 7. The molecule has 1 saturated heterocycles. The van der Waals surface area contributed by atoms with Crippen LogP contribution in [0.1, 0.15) is 38.8 Å². The lowest BCUT2D eigenvalue weighted by molar-refractivity contribution is -0.134. The fourth-order valence-electron chi connectivity index (χ4n) is 2.84. The maximum absolute atomic E-state index is 9.41. The van der Waals surface area contributed by atoms with Crippen LogP contribution in [-0.4, -0.2) is 38.0 Å². The molecule has 2 N–H and O–H groups in total. The molecule has 1 atom stereocenters. The van der Waals surface area contributed by atoms with Gasteiger partial charge in [-0.15, -0.1) is 0 Å². The molecule has 1 aromatic carbocycles. The second-order valence-corrected chi connectivity index (χ2v) is 8.04. The van der Waals surface area contributed by atoms with Gasteiger partial charge in [0.25, 0.3) is 0 Å². The fraction of sp³-hybridized carbons (Fsp3) is 0.684. The lowest BCUT2D eigenvalue weighted by atomic mass is 9.86. The van der Waals surface area contributed by atoms with Crippen molar-refractivity contribution in [3.63, 3.8) is 0 Å². The molecule has 3 heteroatoms. The van der Waals surface area contributed by atoms with Crippen LogP contribution in [0.15, 0.2) is 24.3 Å². The minimum atomic E-state index is -0.0337. The second-order valence-electron chi connectivity index (χ2n) is 8.04. The summed E-state index contributed by atoms with van der Waals surface area (Å²) < 4.78 is 5.22. The SMILES string of the molecule is CC(CNCC1(CO)COC1)Cc1ccc(C(C)(C)C)cc1. The van der Waals surface area contributed by atoms with E-state index in [1.807, 2.05) is 0 Å². The highest BCUT2D eigenvalue weighted by Crippen LogP contribution is 2.26. The molecule has 1 aliphatic rings. The highest BCUT2D eigenvalue weighted by atomic mass is 16.5. The zero-order valence-electron chi connectivity index (χ0n) is 14.5. The summed E-state index contributed by atoms with van der Waals surface area (Å²) in [7, 11) is 0. The van der Waals surface area contributed by atoms with Crippen molar-refractivity contribution >= 4 is 0 Å². The summed E-state index contributed by atoms with van der Waals surface area (Å²) in [5.41, 5.74) is 2.96. The van der Waals surface area contributed by atoms with Crippen LogP contribution in [0.5, 0.6) is 0 Å². The third-order valence-corrected chi connectivity index (χ3v) is 4.55. The minimum Gasteiger partial charge on any atom is -0.396 e. The number of benzene rings is 1. The smallest absolute Gasteiger partial charge is 0.0579 e. The quantitative estimate of drug-likeness (QED) is 0.814. The molecule has 1 fully saturated rings. The Labute approximate surface area is 135 Å². The number of ether oxygens (including phenoxy) is 1. The van der Waals surface area contributed by atoms with Crippen LogP contribution in [0.25, 0.3) is 0 Å². The molecule has 0 spiro atoms. The Hall–Kier alpha value is -0.900. The maximum atomic E-state index is 9.41. The van der Waals surface area contributed by atoms with Gasteiger partial charge < -0.3 is 15.2 Å². The topological polar surface area (TPSA) is 41.5 Å². The summed E-state index contributed by atoms with van der Waals surface area (Å²) in [6.45, 7) is 12.4. The van der Waals surface area contributed by atoms with E-state index in [4.69, 9.17) is 4.74 Å². The first-order valence-electron chi connectivity index (χ1n) is 8.33. The Balaban J connectivity index is 1.76. The van der Waals surface area contributed by atoms with Crippen LogP contribution in [0, 0.1) is 11.3 Å². The van der Waals surface area contributed by atoms with Gasteiger partial charge in [0.15, 0.2) is 0 Å². The molecule has 0 bridgehead atoms. The predicted molar refractivity (Wildman–Crippen MR) is 91.2 cm³/mol. The molecule has 1 heterocycles. The van der Waals surface area contributed by atoms with Gasteiger partial charge in [-0.1, -0.05) is 52.0 Å². The molecule has 1 aromatic rings. The van der Waals surface area contributed by atoms with Crippen molar-refractivity contribution in [1.29, 1.82) is 0 Å². The molecule has 22 heavy (non-hydrogen) atoms. The van der Waals surface area contributed by atoms with Crippen molar-refractivity contribution in [1.82, 2.24) is 5.32 Å². The molecule has 1 unspecified atom stereocenters. The molecule has 0 saturated carbocycles. The summed E-state index contributed by atoms with van der Waals surface area (Å²) >= 11 is 0. The summed E-state index contributed by atoms with van der Waals surface area (Å²) in [6.07, 6.45) is 1.08. The first-order valence-corrected chi connectivity index (χ1v) is 8.33. The lowest BCUT2D eigenvalue weighted by Crippen LogP contribution is -2.52. The summed E-state index contributed by atoms with van der Waals surface area (Å²) in [5.74, 6) is 0.581. The summed E-state index contributed by atoms with van der Waals surface area (Å²) in [4.78, 5) is 0. The molecule has 124 valence electrons. The highest BCUT2D eigenvalue weighted by Gasteiger charge is 2.37. The second kappa shape index (κ2) is 7.12. The molecule has 2 rings (SSSR count). The molecule has 0 aromatic heterocycles. The van der Waals surface area contributed by atoms with Gasteiger partial charge in [0, 0.05) is 6.54 Å². The molecule has 0 amide bonds. The van der Waals surface area contributed by atoms with Gasteiger partial charge >= 0.3 is 0 Å². The van der Waals surface area contributed by atoms with Crippen molar-refractivity contribution in [3.05, 3.63) is 35.4 Å². The molecular weight excluding hydrogens is 274 g/mol. The van der Waals surface area contributed by atoms with Gasteiger partial charge in [-0.05, 0) is 35.4 Å². The molecule has 1 aliphatic heterocycles. The molecular formula is C19H31NO2. The normalized spacial score (nSPS) is 18.8. The van der Waals surface area contributed by atoms with E-state index in [-0.39, 0.29) is 17.4 Å². The fourth-order valence-corrected chi connectivity index (χ4v) is 2.84. The van der Waals surface area contributed by atoms with Gasteiger partial charge in [-0.25, -0.2) is 0 Å². The monoisotopic (exact) mass is 305 g/mol. The lowest BCUT2D eigenvalue weighted by Gasteiger charge is -2.40. The van der Waals surface area contributed by atoms with Crippen LogP contribution in [0.2, 0.25) is 0 Å². The van der Waals surface area contributed by atoms with Crippen LogP contribution < -0.4 is 5.32 Å². The standard InChI is InChI=1S/C19H31NO2/c1-15(10-20-11-19(12-21)13-22-14-19)9-16-5-7-17(8-6-16)18(2,3)4/h5-8,15,20-21H,9-14H2,1-4H3. The van der Waals surface area contributed by atoms with E-state index in [0.29, 0.717) is 19.1 Å². The van der Waals surface area contributed by atoms with E-state index < -0.39 is 0 Å². The number of hydrogen-bond acceptors (Lipinski definition) is 3. The Morgan fingerprint density at radius 1 is 1.23 bits per heavy atom. The van der Waals surface area contributed by atoms with Gasteiger partial charge in [-0.2, -0.15) is 0 Å². The average Bonchev–Trinajstić information content (AvgIpc) is 2.41. The van der Waals surface area contributed by atoms with Crippen molar-refractivity contribution in [3.8, 4) is 0 Å². The van der Waals surface area contributed by atoms with Gasteiger partial charge in [0.1, 0.15) is 0 Å². The van der Waals surface area contributed by atoms with Crippen LogP contribution >= 0.6 is 0 Å². The number of nitrogens with one attached hydrogen (secondary N) is 1. The minimum absolute atomic E-state index is 0.0337. The number of aliphatic hydroxyl groups excluding tert-OH is 1. The highest BCUT2D eigenvalue weighted by molar-refractivity contribution is 5.27. The average molecular weight is 305 g/mol. The van der Waals surface area contributed by atoms with Gasteiger partial charge in [0.05, 0.1) is 25.2 Å². The van der Waals surface area contributed by atoms with Crippen molar-refractivity contribution in [2.24, 2.45) is 11.3 Å². The van der Waals surface area contributed by atoms with E-state index in [9.17, 15) is 5.11 Å². The summed E-state index contributed by atoms with van der Waals surface area (Å²) in [6, 6.07) is 9.02. The first-order chi connectivity index (χ1) is 10.3. The van der Waals surface area contributed by atoms with Gasteiger partial charge in [-0.3, -0.25) is 0 Å². The van der Waals surface area contributed by atoms with Crippen LogP contribution in [0.4, 0.5) is 0 Å². The number of hydrogen-bond donors (Lipinski definition) is 2. The van der Waals surface area contributed by atoms with E-state index in [0.717, 1.165) is 19.5 Å². The Morgan fingerprint density at radius 2 is 1.86 bits per heavy atom. The van der Waals surface area contributed by atoms with Gasteiger partial charge in [0.2, 0.25) is 0 Å². The Bertz CT molecular complexity index is 452. The third-order valence-electron chi connectivity index (χ3n) is 4.55. The van der Waals surface area contributed by atoms with E-state index in [1.165, 1.54) is 11.1 Å². The summed E-state index contributed by atoms with van der Waals surface area (Å²) in [5, 5.41) is 12.9. The predicted octanol–water partition coefficient (Wildman–Crippen LogP) is 2.76. The van der Waals surface area contributed by atoms with Crippen molar-refractivity contribution < 1.29 is 9.84 Å². The van der Waals surface area contributed by atoms with Crippen molar-refractivity contribution in [2.75, 3.05) is 32.9 Å². The largest absolute Gasteiger partial charge is 0.396 e. The first kappa shape index (κ1) is 17.5.